The number of hydrogen-bond donors (Lipinski definition) is 2. The predicted molar refractivity (Wildman–Crippen MR) is 58.6 cm³/mol. The Balaban J connectivity index is 1.82. The van der Waals surface area contributed by atoms with E-state index in [2.05, 4.69) is 10.6 Å². The highest BCUT2D eigenvalue weighted by Gasteiger charge is 2.25. The minimum atomic E-state index is -4.06. The molecule has 0 radical (unpaired) electrons. The van der Waals surface area contributed by atoms with Crippen LogP contribution in [0.3, 0.4) is 0 Å². The Hall–Kier alpha value is -0.780. The highest BCUT2D eigenvalue weighted by molar-refractivity contribution is 5.76. The van der Waals surface area contributed by atoms with Crippen LogP contribution in [-0.2, 0) is 4.79 Å². The first-order valence-electron chi connectivity index (χ1n) is 6.04. The summed E-state index contributed by atoms with van der Waals surface area (Å²) < 4.78 is 35.4. The lowest BCUT2D eigenvalue weighted by molar-refractivity contribution is -0.135. The zero-order valence-corrected chi connectivity index (χ0v) is 9.78. The van der Waals surface area contributed by atoms with E-state index in [0.29, 0.717) is 32.0 Å². The summed E-state index contributed by atoms with van der Waals surface area (Å²) in [5, 5.41) is 5.76. The molecule has 1 saturated carbocycles. The molecule has 0 heterocycles. The summed E-state index contributed by atoms with van der Waals surface area (Å²) in [7, 11) is 0. The first kappa shape index (κ1) is 14.3. The van der Waals surface area contributed by atoms with Gasteiger partial charge in [-0.1, -0.05) is 0 Å². The van der Waals surface area contributed by atoms with Gasteiger partial charge in [-0.05, 0) is 38.8 Å². The Labute approximate surface area is 99.1 Å². The molecule has 1 aliphatic carbocycles. The van der Waals surface area contributed by atoms with Gasteiger partial charge in [0.05, 0.1) is 0 Å². The predicted octanol–water partition coefficient (Wildman–Crippen LogP) is 1.98. The Morgan fingerprint density at radius 2 is 1.82 bits per heavy atom. The summed E-state index contributed by atoms with van der Waals surface area (Å²) >= 11 is 0. The maximum atomic E-state index is 11.8. The van der Waals surface area contributed by atoms with Crippen LogP contribution in [0.1, 0.15) is 38.5 Å². The second-order valence-corrected chi connectivity index (χ2v) is 4.41. The van der Waals surface area contributed by atoms with E-state index in [-0.39, 0.29) is 12.3 Å². The standard InChI is InChI=1S/C11H19F3N2O/c12-11(13,14)6-2-8-15-7-1-3-10(17)16-9-4-5-9/h9,15H,1-8H2,(H,16,17). The molecule has 3 nitrogen and oxygen atoms in total. The second kappa shape index (κ2) is 6.83. The summed E-state index contributed by atoms with van der Waals surface area (Å²) in [5.74, 6) is 0.0459. The van der Waals surface area contributed by atoms with E-state index in [9.17, 15) is 18.0 Å². The summed E-state index contributed by atoms with van der Waals surface area (Å²) in [6.07, 6.45) is -1.46. The van der Waals surface area contributed by atoms with Gasteiger partial charge in [0.25, 0.3) is 0 Å². The number of carbonyl (C=O) groups is 1. The van der Waals surface area contributed by atoms with Gasteiger partial charge in [0.15, 0.2) is 0 Å². The summed E-state index contributed by atoms with van der Waals surface area (Å²) in [5.41, 5.74) is 0. The lowest BCUT2D eigenvalue weighted by Crippen LogP contribution is -2.26. The van der Waals surface area contributed by atoms with E-state index in [1.54, 1.807) is 0 Å². The molecule has 0 spiro atoms. The minimum Gasteiger partial charge on any atom is -0.353 e. The molecule has 0 saturated heterocycles. The number of halogens is 3. The van der Waals surface area contributed by atoms with E-state index in [1.165, 1.54) is 0 Å². The van der Waals surface area contributed by atoms with Crippen molar-refractivity contribution in [1.29, 1.82) is 0 Å². The van der Waals surface area contributed by atoms with Crippen LogP contribution in [0, 0.1) is 0 Å². The molecule has 1 amide bonds. The van der Waals surface area contributed by atoms with E-state index in [1.807, 2.05) is 0 Å². The molecule has 0 bridgehead atoms. The molecule has 1 rings (SSSR count). The maximum Gasteiger partial charge on any atom is 0.389 e. The van der Waals surface area contributed by atoms with Crippen molar-refractivity contribution in [3.63, 3.8) is 0 Å². The lowest BCUT2D eigenvalue weighted by Gasteiger charge is -2.07. The van der Waals surface area contributed by atoms with Crippen molar-refractivity contribution in [2.75, 3.05) is 13.1 Å². The maximum absolute atomic E-state index is 11.8. The van der Waals surface area contributed by atoms with Crippen LogP contribution in [0.2, 0.25) is 0 Å². The topological polar surface area (TPSA) is 41.1 Å². The lowest BCUT2D eigenvalue weighted by atomic mass is 10.2. The molecule has 0 unspecified atom stereocenters. The molecule has 17 heavy (non-hydrogen) atoms. The third-order valence-corrected chi connectivity index (χ3v) is 2.51. The number of alkyl halides is 3. The van der Waals surface area contributed by atoms with E-state index in [0.717, 1.165) is 12.8 Å². The van der Waals surface area contributed by atoms with Gasteiger partial charge in [0.1, 0.15) is 0 Å². The fourth-order valence-electron chi connectivity index (χ4n) is 1.44. The van der Waals surface area contributed by atoms with Gasteiger partial charge < -0.3 is 10.6 Å². The fraction of sp³-hybridized carbons (Fsp3) is 0.909. The second-order valence-electron chi connectivity index (χ2n) is 4.41. The zero-order chi connectivity index (χ0) is 12.7. The molecule has 100 valence electrons. The average molecular weight is 252 g/mol. The molecule has 0 aromatic carbocycles. The average Bonchev–Trinajstić information content (AvgIpc) is 2.98. The molecule has 0 aliphatic heterocycles. The summed E-state index contributed by atoms with van der Waals surface area (Å²) in [6.45, 7) is 0.944. The molecule has 0 aromatic rings. The van der Waals surface area contributed by atoms with E-state index in [4.69, 9.17) is 0 Å². The monoisotopic (exact) mass is 252 g/mol. The molecule has 0 aromatic heterocycles. The van der Waals surface area contributed by atoms with Crippen LogP contribution in [0.25, 0.3) is 0 Å². The molecular weight excluding hydrogens is 233 g/mol. The normalized spacial score (nSPS) is 15.9. The molecule has 0 atom stereocenters. The van der Waals surface area contributed by atoms with E-state index >= 15 is 0 Å². The van der Waals surface area contributed by atoms with E-state index < -0.39 is 12.6 Å². The first-order valence-corrected chi connectivity index (χ1v) is 6.04. The van der Waals surface area contributed by atoms with Crippen LogP contribution in [0.15, 0.2) is 0 Å². The summed E-state index contributed by atoms with van der Waals surface area (Å²) in [6, 6.07) is 0.377. The van der Waals surface area contributed by atoms with Gasteiger partial charge in [-0.25, -0.2) is 0 Å². The van der Waals surface area contributed by atoms with Gasteiger partial charge >= 0.3 is 6.18 Å². The van der Waals surface area contributed by atoms with Crippen LogP contribution >= 0.6 is 0 Å². The zero-order valence-electron chi connectivity index (χ0n) is 9.78. The quantitative estimate of drug-likeness (QED) is 0.648. The third kappa shape index (κ3) is 8.97. The molecular formula is C11H19F3N2O. The Morgan fingerprint density at radius 1 is 1.18 bits per heavy atom. The number of hydrogen-bond acceptors (Lipinski definition) is 2. The van der Waals surface area contributed by atoms with Gasteiger partial charge in [-0.2, -0.15) is 13.2 Å². The molecule has 6 heteroatoms. The molecule has 1 aliphatic rings. The van der Waals surface area contributed by atoms with Crippen molar-refractivity contribution in [3.8, 4) is 0 Å². The van der Waals surface area contributed by atoms with Crippen molar-refractivity contribution in [3.05, 3.63) is 0 Å². The Bertz CT molecular complexity index is 239. The van der Waals surface area contributed by atoms with Gasteiger partial charge in [-0.15, -0.1) is 0 Å². The Kier molecular flexibility index (Phi) is 5.74. The largest absolute Gasteiger partial charge is 0.389 e. The van der Waals surface area contributed by atoms with Crippen molar-refractivity contribution in [2.45, 2.75) is 50.7 Å². The van der Waals surface area contributed by atoms with Crippen LogP contribution in [0.4, 0.5) is 13.2 Å². The highest BCUT2D eigenvalue weighted by Crippen LogP contribution is 2.20. The van der Waals surface area contributed by atoms with Crippen LogP contribution in [0.5, 0.6) is 0 Å². The number of nitrogens with one attached hydrogen (secondary N) is 2. The van der Waals surface area contributed by atoms with Crippen LogP contribution in [-0.4, -0.2) is 31.2 Å². The van der Waals surface area contributed by atoms with Crippen molar-refractivity contribution in [2.24, 2.45) is 0 Å². The highest BCUT2D eigenvalue weighted by atomic mass is 19.4. The number of rotatable bonds is 8. The molecule has 2 N–H and O–H groups in total. The van der Waals surface area contributed by atoms with Crippen molar-refractivity contribution < 1.29 is 18.0 Å². The van der Waals surface area contributed by atoms with Crippen molar-refractivity contribution >= 4 is 5.91 Å². The smallest absolute Gasteiger partial charge is 0.353 e. The molecule has 1 fully saturated rings. The first-order chi connectivity index (χ1) is 7.97. The van der Waals surface area contributed by atoms with Gasteiger partial charge in [0, 0.05) is 18.9 Å². The Morgan fingerprint density at radius 3 is 2.41 bits per heavy atom. The minimum absolute atomic E-state index is 0.0459. The van der Waals surface area contributed by atoms with Crippen molar-refractivity contribution in [1.82, 2.24) is 10.6 Å². The number of carbonyl (C=O) groups excluding carboxylic acids is 1. The van der Waals surface area contributed by atoms with Gasteiger partial charge in [0.2, 0.25) is 5.91 Å². The van der Waals surface area contributed by atoms with Crippen LogP contribution < -0.4 is 10.6 Å². The SMILES string of the molecule is O=C(CCCNCCCC(F)(F)F)NC1CC1. The summed E-state index contributed by atoms with van der Waals surface area (Å²) in [4.78, 5) is 11.2. The van der Waals surface area contributed by atoms with Gasteiger partial charge in [-0.3, -0.25) is 4.79 Å². The number of amides is 1. The fourth-order valence-corrected chi connectivity index (χ4v) is 1.44. The third-order valence-electron chi connectivity index (χ3n) is 2.51.